The number of nitrogens with two attached hydrogens (primary N) is 1. The standard InChI is InChI=1S/C14H21N7O/c1-9-12(10(2)18-17-9)7-20-5-3-4-11(6-20)21-8-16-14(19-21)13(15)22/h8,11H,3-7H2,1-2H3,(H2,15,22)(H,17,18)/t11-/m0/s1. The van der Waals surface area contributed by atoms with Crippen LogP contribution in [0.25, 0.3) is 0 Å². The van der Waals surface area contributed by atoms with Gasteiger partial charge in [0.05, 0.1) is 11.7 Å². The zero-order chi connectivity index (χ0) is 15.7. The molecule has 0 aromatic carbocycles. The lowest BCUT2D eigenvalue weighted by Gasteiger charge is -2.32. The highest BCUT2D eigenvalue weighted by Gasteiger charge is 2.24. The summed E-state index contributed by atoms with van der Waals surface area (Å²) < 4.78 is 1.77. The summed E-state index contributed by atoms with van der Waals surface area (Å²) in [5.74, 6) is -0.505. The molecule has 0 radical (unpaired) electrons. The Kier molecular flexibility index (Phi) is 3.93. The lowest BCUT2D eigenvalue weighted by atomic mass is 10.0. The highest BCUT2D eigenvalue weighted by molar-refractivity contribution is 5.88. The van der Waals surface area contributed by atoms with Crippen LogP contribution >= 0.6 is 0 Å². The smallest absolute Gasteiger partial charge is 0.288 e. The van der Waals surface area contributed by atoms with Crippen LogP contribution in [-0.4, -0.2) is 48.9 Å². The summed E-state index contributed by atoms with van der Waals surface area (Å²) in [7, 11) is 0. The van der Waals surface area contributed by atoms with Gasteiger partial charge in [-0.25, -0.2) is 9.67 Å². The molecular formula is C14H21N7O. The second-order valence-corrected chi connectivity index (χ2v) is 5.86. The number of aromatic amines is 1. The number of rotatable bonds is 4. The van der Waals surface area contributed by atoms with Crippen LogP contribution in [-0.2, 0) is 6.54 Å². The lowest BCUT2D eigenvalue weighted by Crippen LogP contribution is -2.36. The number of carbonyl (C=O) groups is 1. The van der Waals surface area contributed by atoms with Crippen LogP contribution in [0.4, 0.5) is 0 Å². The molecule has 1 aliphatic rings. The molecule has 1 amide bonds. The van der Waals surface area contributed by atoms with Crippen LogP contribution in [0, 0.1) is 13.8 Å². The minimum absolute atomic E-state index is 0.0821. The van der Waals surface area contributed by atoms with Gasteiger partial charge in [0.2, 0.25) is 5.82 Å². The van der Waals surface area contributed by atoms with Gasteiger partial charge in [0, 0.05) is 24.3 Å². The number of nitrogens with one attached hydrogen (secondary N) is 1. The molecule has 1 atom stereocenters. The molecule has 2 aromatic heterocycles. The van der Waals surface area contributed by atoms with E-state index in [4.69, 9.17) is 5.73 Å². The van der Waals surface area contributed by atoms with Gasteiger partial charge in [-0.2, -0.15) is 5.10 Å². The molecule has 22 heavy (non-hydrogen) atoms. The molecule has 3 rings (SSSR count). The van der Waals surface area contributed by atoms with Crippen molar-refractivity contribution in [2.75, 3.05) is 13.1 Å². The SMILES string of the molecule is Cc1n[nH]c(C)c1CN1CCC[C@H](n2cnc(C(N)=O)n2)C1. The number of hydrogen-bond donors (Lipinski definition) is 2. The Morgan fingerprint density at radius 2 is 2.32 bits per heavy atom. The molecule has 1 aliphatic heterocycles. The normalized spacial score (nSPS) is 19.5. The number of H-pyrrole nitrogens is 1. The zero-order valence-corrected chi connectivity index (χ0v) is 12.9. The highest BCUT2D eigenvalue weighted by atomic mass is 16.1. The van der Waals surface area contributed by atoms with Gasteiger partial charge < -0.3 is 5.73 Å². The summed E-state index contributed by atoms with van der Waals surface area (Å²) in [6.45, 7) is 6.88. The van der Waals surface area contributed by atoms with Crippen LogP contribution < -0.4 is 5.73 Å². The molecule has 3 heterocycles. The fraction of sp³-hybridized carbons (Fsp3) is 0.571. The third kappa shape index (κ3) is 2.87. The van der Waals surface area contributed by atoms with Crippen molar-refractivity contribution in [2.45, 2.75) is 39.3 Å². The third-order valence-electron chi connectivity index (χ3n) is 4.25. The van der Waals surface area contributed by atoms with E-state index < -0.39 is 5.91 Å². The number of aryl methyl sites for hydroxylation is 2. The average Bonchev–Trinajstić information content (AvgIpc) is 3.10. The maximum absolute atomic E-state index is 11.1. The van der Waals surface area contributed by atoms with E-state index >= 15 is 0 Å². The van der Waals surface area contributed by atoms with Gasteiger partial charge in [-0.3, -0.25) is 14.8 Å². The maximum atomic E-state index is 11.1. The van der Waals surface area contributed by atoms with Crippen LogP contribution in [0.15, 0.2) is 6.33 Å². The van der Waals surface area contributed by atoms with E-state index in [2.05, 4.69) is 25.2 Å². The number of likely N-dealkylation sites (tertiary alicyclic amines) is 1. The first-order chi connectivity index (χ1) is 10.5. The quantitative estimate of drug-likeness (QED) is 0.858. The molecule has 1 fully saturated rings. The first-order valence-electron chi connectivity index (χ1n) is 7.48. The minimum Gasteiger partial charge on any atom is -0.363 e. The van der Waals surface area contributed by atoms with Crippen molar-refractivity contribution in [1.29, 1.82) is 0 Å². The summed E-state index contributed by atoms with van der Waals surface area (Å²) in [6, 6.07) is 0.224. The number of nitrogens with zero attached hydrogens (tertiary/aromatic N) is 5. The monoisotopic (exact) mass is 303 g/mol. The van der Waals surface area contributed by atoms with E-state index in [1.807, 2.05) is 13.8 Å². The fourth-order valence-corrected chi connectivity index (χ4v) is 2.98. The van der Waals surface area contributed by atoms with Crippen molar-refractivity contribution in [2.24, 2.45) is 5.73 Å². The second-order valence-electron chi connectivity index (χ2n) is 5.86. The first kappa shape index (κ1) is 14.7. The zero-order valence-electron chi connectivity index (χ0n) is 12.9. The molecule has 0 aliphatic carbocycles. The third-order valence-corrected chi connectivity index (χ3v) is 4.25. The van der Waals surface area contributed by atoms with E-state index in [1.54, 1.807) is 11.0 Å². The number of carbonyl (C=O) groups excluding carboxylic acids is 1. The van der Waals surface area contributed by atoms with E-state index in [1.165, 1.54) is 5.56 Å². The molecule has 2 aromatic rings. The molecular weight excluding hydrogens is 282 g/mol. The summed E-state index contributed by atoms with van der Waals surface area (Å²) in [6.07, 6.45) is 3.72. The predicted molar refractivity (Wildman–Crippen MR) is 80.1 cm³/mol. The Morgan fingerprint density at radius 1 is 1.50 bits per heavy atom. The average molecular weight is 303 g/mol. The van der Waals surface area contributed by atoms with Crippen LogP contribution in [0.2, 0.25) is 0 Å². The molecule has 0 unspecified atom stereocenters. The number of primary amides is 1. The highest BCUT2D eigenvalue weighted by Crippen LogP contribution is 2.23. The molecule has 8 heteroatoms. The second kappa shape index (κ2) is 5.88. The van der Waals surface area contributed by atoms with Gasteiger partial charge >= 0.3 is 0 Å². The Balaban J connectivity index is 1.70. The van der Waals surface area contributed by atoms with Gasteiger partial charge in [0.15, 0.2) is 0 Å². The van der Waals surface area contributed by atoms with E-state index in [0.717, 1.165) is 43.9 Å². The van der Waals surface area contributed by atoms with Crippen molar-refractivity contribution in [3.8, 4) is 0 Å². The van der Waals surface area contributed by atoms with Crippen molar-refractivity contribution in [1.82, 2.24) is 29.9 Å². The molecule has 1 saturated heterocycles. The van der Waals surface area contributed by atoms with Crippen molar-refractivity contribution >= 4 is 5.91 Å². The summed E-state index contributed by atoms with van der Waals surface area (Å²) in [4.78, 5) is 17.5. The molecule has 3 N–H and O–H groups in total. The van der Waals surface area contributed by atoms with Crippen LogP contribution in [0.1, 0.15) is 46.5 Å². The first-order valence-corrected chi connectivity index (χ1v) is 7.48. The molecule has 0 bridgehead atoms. The predicted octanol–water partition coefficient (Wildman–Crippen LogP) is 0.554. The fourth-order valence-electron chi connectivity index (χ4n) is 2.98. The maximum Gasteiger partial charge on any atom is 0.288 e. The molecule has 118 valence electrons. The Labute approximate surface area is 128 Å². The number of aromatic nitrogens is 5. The van der Waals surface area contributed by atoms with Crippen molar-refractivity contribution in [3.05, 3.63) is 29.1 Å². The molecule has 8 nitrogen and oxygen atoms in total. The summed E-state index contributed by atoms with van der Waals surface area (Å²) in [5, 5.41) is 11.5. The van der Waals surface area contributed by atoms with Gasteiger partial charge in [-0.1, -0.05) is 0 Å². The van der Waals surface area contributed by atoms with Crippen molar-refractivity contribution in [3.63, 3.8) is 0 Å². The lowest BCUT2D eigenvalue weighted by molar-refractivity contribution is 0.0989. The summed E-state index contributed by atoms with van der Waals surface area (Å²) >= 11 is 0. The Morgan fingerprint density at radius 3 is 2.95 bits per heavy atom. The number of amides is 1. The molecule has 0 spiro atoms. The van der Waals surface area contributed by atoms with Gasteiger partial charge in [0.1, 0.15) is 6.33 Å². The van der Waals surface area contributed by atoms with Gasteiger partial charge in [-0.05, 0) is 33.2 Å². The van der Waals surface area contributed by atoms with E-state index in [0.29, 0.717) is 0 Å². The molecule has 0 saturated carbocycles. The van der Waals surface area contributed by atoms with Crippen LogP contribution in [0.5, 0.6) is 0 Å². The number of piperidine rings is 1. The van der Waals surface area contributed by atoms with Gasteiger partial charge in [-0.15, -0.1) is 5.10 Å². The van der Waals surface area contributed by atoms with Crippen molar-refractivity contribution < 1.29 is 4.79 Å². The topological polar surface area (TPSA) is 106 Å². The Bertz CT molecular complexity index is 655. The largest absolute Gasteiger partial charge is 0.363 e. The van der Waals surface area contributed by atoms with E-state index in [-0.39, 0.29) is 11.9 Å². The van der Waals surface area contributed by atoms with Gasteiger partial charge in [0.25, 0.3) is 5.91 Å². The Hall–Kier alpha value is -2.22. The number of hydrogen-bond acceptors (Lipinski definition) is 5. The van der Waals surface area contributed by atoms with E-state index in [9.17, 15) is 4.79 Å². The summed E-state index contributed by atoms with van der Waals surface area (Å²) in [5.41, 5.74) is 8.64. The minimum atomic E-state index is -0.587. The van der Waals surface area contributed by atoms with Crippen LogP contribution in [0.3, 0.4) is 0 Å².